The van der Waals surface area contributed by atoms with Gasteiger partial charge in [-0.2, -0.15) is 0 Å². The summed E-state index contributed by atoms with van der Waals surface area (Å²) in [6, 6.07) is 10.8. The minimum atomic E-state index is -0.875. The van der Waals surface area contributed by atoms with Gasteiger partial charge in [-0.15, -0.1) is 0 Å². The standard InChI is InChI=1S/C20H18N4O6/c1-3-30-20(25)17-12(2)21-19(14-7-5-9-16(11-14)24(28)29)22-18(17)13-6-4-8-15(10-13)23(26)27/h4-11,18H,3H2,1-2H3,(H,21,22)/t18-/m0/s1. The Balaban J connectivity index is 2.13. The van der Waals surface area contributed by atoms with Gasteiger partial charge in [0.2, 0.25) is 0 Å². The van der Waals surface area contributed by atoms with E-state index in [0.29, 0.717) is 22.7 Å². The van der Waals surface area contributed by atoms with Crippen LogP contribution in [0.3, 0.4) is 0 Å². The molecule has 0 fully saturated rings. The minimum Gasteiger partial charge on any atom is -0.463 e. The summed E-state index contributed by atoms with van der Waals surface area (Å²) in [5.74, 6) is -0.290. The lowest BCUT2D eigenvalue weighted by atomic mass is 9.95. The Morgan fingerprint density at radius 1 is 1.10 bits per heavy atom. The van der Waals surface area contributed by atoms with Gasteiger partial charge in [-0.25, -0.2) is 4.79 Å². The fraction of sp³-hybridized carbons (Fsp3) is 0.200. The van der Waals surface area contributed by atoms with E-state index in [1.807, 2.05) is 0 Å². The molecule has 10 nitrogen and oxygen atoms in total. The molecular formula is C20H18N4O6. The van der Waals surface area contributed by atoms with Crippen LogP contribution in [-0.4, -0.2) is 28.3 Å². The summed E-state index contributed by atoms with van der Waals surface area (Å²) >= 11 is 0. The topological polar surface area (TPSA) is 137 Å². The maximum atomic E-state index is 12.6. The van der Waals surface area contributed by atoms with Gasteiger partial charge in [-0.05, 0) is 19.4 Å². The summed E-state index contributed by atoms with van der Waals surface area (Å²) in [6.07, 6.45) is 0. The third kappa shape index (κ3) is 4.17. The number of non-ortho nitro benzene ring substituents is 2. The fourth-order valence-corrected chi connectivity index (χ4v) is 3.11. The van der Waals surface area contributed by atoms with Crippen molar-refractivity contribution in [2.45, 2.75) is 19.9 Å². The highest BCUT2D eigenvalue weighted by atomic mass is 16.6. The van der Waals surface area contributed by atoms with Crippen LogP contribution in [0.2, 0.25) is 0 Å². The van der Waals surface area contributed by atoms with Crippen LogP contribution in [0.15, 0.2) is 64.8 Å². The van der Waals surface area contributed by atoms with Crippen molar-refractivity contribution >= 4 is 23.2 Å². The van der Waals surface area contributed by atoms with Crippen molar-refractivity contribution in [3.63, 3.8) is 0 Å². The van der Waals surface area contributed by atoms with E-state index in [9.17, 15) is 25.0 Å². The number of ether oxygens (including phenoxy) is 1. The van der Waals surface area contributed by atoms with E-state index in [-0.39, 0.29) is 23.6 Å². The number of benzene rings is 2. The first-order valence-electron chi connectivity index (χ1n) is 9.03. The normalized spacial score (nSPS) is 15.8. The number of nitrogens with one attached hydrogen (secondary N) is 1. The molecule has 1 N–H and O–H groups in total. The second-order valence-corrected chi connectivity index (χ2v) is 6.42. The smallest absolute Gasteiger partial charge is 0.338 e. The predicted molar refractivity (Wildman–Crippen MR) is 108 cm³/mol. The molecule has 2 aromatic rings. The van der Waals surface area contributed by atoms with Gasteiger partial charge < -0.3 is 10.1 Å². The Morgan fingerprint density at radius 2 is 1.73 bits per heavy atom. The van der Waals surface area contributed by atoms with Crippen LogP contribution in [0.25, 0.3) is 0 Å². The summed E-state index contributed by atoms with van der Waals surface area (Å²) in [7, 11) is 0. The third-order valence-corrected chi connectivity index (χ3v) is 4.46. The van der Waals surface area contributed by atoms with E-state index in [2.05, 4.69) is 10.3 Å². The van der Waals surface area contributed by atoms with Gasteiger partial charge in [0, 0.05) is 35.5 Å². The lowest BCUT2D eigenvalue weighted by molar-refractivity contribution is -0.385. The van der Waals surface area contributed by atoms with Crippen LogP contribution in [0.5, 0.6) is 0 Å². The minimum absolute atomic E-state index is 0.110. The van der Waals surface area contributed by atoms with Crippen molar-refractivity contribution in [3.05, 3.63) is 91.2 Å². The predicted octanol–water partition coefficient (Wildman–Crippen LogP) is 3.43. The second kappa shape index (κ2) is 8.52. The third-order valence-electron chi connectivity index (χ3n) is 4.46. The molecule has 10 heteroatoms. The van der Waals surface area contributed by atoms with Gasteiger partial charge in [0.05, 0.1) is 22.0 Å². The van der Waals surface area contributed by atoms with Crippen molar-refractivity contribution in [2.24, 2.45) is 4.99 Å². The molecule has 154 valence electrons. The van der Waals surface area contributed by atoms with Crippen LogP contribution < -0.4 is 5.32 Å². The van der Waals surface area contributed by atoms with Gasteiger partial charge in [-0.1, -0.05) is 24.3 Å². The van der Waals surface area contributed by atoms with Crippen molar-refractivity contribution < 1.29 is 19.4 Å². The van der Waals surface area contributed by atoms with E-state index in [1.165, 1.54) is 36.4 Å². The van der Waals surface area contributed by atoms with Gasteiger partial charge in [0.1, 0.15) is 11.9 Å². The number of esters is 1. The van der Waals surface area contributed by atoms with E-state index in [0.717, 1.165) is 0 Å². The van der Waals surface area contributed by atoms with Crippen molar-refractivity contribution in [1.82, 2.24) is 5.32 Å². The number of nitro groups is 2. The quantitative estimate of drug-likeness (QED) is 0.437. The molecule has 0 amide bonds. The van der Waals surface area contributed by atoms with Crippen molar-refractivity contribution in [2.75, 3.05) is 6.61 Å². The lowest BCUT2D eigenvalue weighted by Crippen LogP contribution is -2.32. The number of amidine groups is 1. The largest absolute Gasteiger partial charge is 0.463 e. The highest BCUT2D eigenvalue weighted by Crippen LogP contribution is 2.34. The highest BCUT2D eigenvalue weighted by molar-refractivity contribution is 6.04. The number of nitro benzene ring substituents is 2. The highest BCUT2D eigenvalue weighted by Gasteiger charge is 2.31. The van der Waals surface area contributed by atoms with Gasteiger partial charge in [0.25, 0.3) is 11.4 Å². The van der Waals surface area contributed by atoms with Gasteiger partial charge in [0.15, 0.2) is 0 Å². The molecule has 2 aromatic carbocycles. The number of carbonyl (C=O) groups is 1. The van der Waals surface area contributed by atoms with Crippen molar-refractivity contribution in [3.8, 4) is 0 Å². The average Bonchev–Trinajstić information content (AvgIpc) is 2.73. The number of hydrogen-bond donors (Lipinski definition) is 1. The Kier molecular flexibility index (Phi) is 5.86. The maximum absolute atomic E-state index is 12.6. The Bertz CT molecular complexity index is 1090. The molecule has 0 bridgehead atoms. The zero-order valence-electron chi connectivity index (χ0n) is 16.2. The van der Waals surface area contributed by atoms with Crippen LogP contribution in [0.1, 0.15) is 31.0 Å². The SMILES string of the molecule is CCOC(=O)C1=C(C)NC(c2cccc([N+](=O)[O-])c2)=N[C@H]1c1cccc([N+](=O)[O-])c1. The van der Waals surface area contributed by atoms with E-state index in [1.54, 1.807) is 26.0 Å². The molecule has 1 aliphatic rings. The molecule has 0 radical (unpaired) electrons. The molecular weight excluding hydrogens is 392 g/mol. The van der Waals surface area contributed by atoms with Crippen LogP contribution >= 0.6 is 0 Å². The first-order chi connectivity index (χ1) is 14.3. The van der Waals surface area contributed by atoms with Gasteiger partial charge in [-0.3, -0.25) is 25.2 Å². The van der Waals surface area contributed by atoms with Crippen LogP contribution in [-0.2, 0) is 9.53 Å². The fourth-order valence-electron chi connectivity index (χ4n) is 3.11. The Morgan fingerprint density at radius 3 is 2.37 bits per heavy atom. The molecule has 0 aromatic heterocycles. The molecule has 1 aliphatic heterocycles. The molecule has 0 spiro atoms. The Hall–Kier alpha value is -4.08. The van der Waals surface area contributed by atoms with Crippen molar-refractivity contribution in [1.29, 1.82) is 0 Å². The maximum Gasteiger partial charge on any atom is 0.338 e. The van der Waals surface area contributed by atoms with E-state index >= 15 is 0 Å². The molecule has 3 rings (SSSR count). The second-order valence-electron chi connectivity index (χ2n) is 6.42. The monoisotopic (exact) mass is 410 g/mol. The van der Waals surface area contributed by atoms with Crippen LogP contribution in [0, 0.1) is 20.2 Å². The average molecular weight is 410 g/mol. The van der Waals surface area contributed by atoms with E-state index < -0.39 is 21.9 Å². The van der Waals surface area contributed by atoms with Crippen LogP contribution in [0.4, 0.5) is 11.4 Å². The Labute approximate surface area is 171 Å². The molecule has 30 heavy (non-hydrogen) atoms. The summed E-state index contributed by atoms with van der Waals surface area (Å²) in [5, 5.41) is 25.3. The molecule has 0 saturated heterocycles. The molecule has 1 heterocycles. The number of carbonyl (C=O) groups excluding carboxylic acids is 1. The number of hydrogen-bond acceptors (Lipinski definition) is 8. The number of rotatable bonds is 6. The zero-order chi connectivity index (χ0) is 21.8. The number of aliphatic imine (C=N–C) groups is 1. The van der Waals surface area contributed by atoms with E-state index in [4.69, 9.17) is 4.74 Å². The summed E-state index contributed by atoms with van der Waals surface area (Å²) in [4.78, 5) is 38.4. The first-order valence-corrected chi connectivity index (χ1v) is 9.03. The first kappa shape index (κ1) is 20.6. The molecule has 0 saturated carbocycles. The summed E-state index contributed by atoms with van der Waals surface area (Å²) in [5.41, 5.74) is 1.28. The lowest BCUT2D eigenvalue weighted by Gasteiger charge is -2.26. The molecule has 0 aliphatic carbocycles. The summed E-state index contributed by atoms with van der Waals surface area (Å²) < 4.78 is 5.14. The summed E-state index contributed by atoms with van der Waals surface area (Å²) in [6.45, 7) is 3.48. The zero-order valence-corrected chi connectivity index (χ0v) is 16.2. The number of allylic oxidation sites excluding steroid dienone is 1. The number of nitrogens with zero attached hydrogens (tertiary/aromatic N) is 3. The molecule has 0 unspecified atom stereocenters. The van der Waals surface area contributed by atoms with Gasteiger partial charge >= 0.3 is 5.97 Å². The molecule has 1 atom stereocenters.